The Morgan fingerprint density at radius 3 is 2.37 bits per heavy atom. The number of aliphatic imine (C=N–C) groups is 1. The van der Waals surface area contributed by atoms with Crippen LogP contribution >= 0.6 is 24.0 Å². The molecule has 0 aromatic heterocycles. The van der Waals surface area contributed by atoms with E-state index in [2.05, 4.69) is 46.2 Å². The Morgan fingerprint density at radius 1 is 1.22 bits per heavy atom. The number of guanidine groups is 1. The van der Waals surface area contributed by atoms with Crippen molar-refractivity contribution < 1.29 is 18.6 Å². The van der Waals surface area contributed by atoms with Crippen molar-refractivity contribution in [2.75, 3.05) is 33.2 Å². The summed E-state index contributed by atoms with van der Waals surface area (Å²) in [6, 6.07) is 6.38. The van der Waals surface area contributed by atoms with Crippen molar-refractivity contribution in [3.63, 3.8) is 0 Å². The summed E-state index contributed by atoms with van der Waals surface area (Å²) in [6.45, 7) is 5.84. The Morgan fingerprint density at radius 2 is 1.85 bits per heavy atom. The molecular weight excluding hydrogens is 469 g/mol. The van der Waals surface area contributed by atoms with E-state index < -0.39 is 12.7 Å². The maximum Gasteiger partial charge on any atom is 0.387 e. The Kier molecular flexibility index (Phi) is 13.3. The maximum absolute atomic E-state index is 12.2. The summed E-state index contributed by atoms with van der Waals surface area (Å²) in [4.78, 5) is 6.59. The minimum Gasteiger partial charge on any atom is -0.435 e. The van der Waals surface area contributed by atoms with Crippen molar-refractivity contribution >= 4 is 29.9 Å². The summed E-state index contributed by atoms with van der Waals surface area (Å²) < 4.78 is 28.6. The lowest BCUT2D eigenvalue weighted by Crippen LogP contribution is -2.42. The highest BCUT2D eigenvalue weighted by atomic mass is 127. The van der Waals surface area contributed by atoms with Crippen LogP contribution in [0.1, 0.15) is 32.4 Å². The highest BCUT2D eigenvalue weighted by Crippen LogP contribution is 2.19. The number of halogens is 3. The first-order chi connectivity index (χ1) is 12.3. The zero-order valence-corrected chi connectivity index (χ0v) is 18.6. The molecule has 0 heterocycles. The second-order valence-corrected chi connectivity index (χ2v) is 6.18. The molecule has 6 nitrogen and oxygen atoms in total. The molecule has 1 unspecified atom stereocenters. The van der Waals surface area contributed by atoms with Crippen LogP contribution in [0, 0.1) is 0 Å². The van der Waals surface area contributed by atoms with Gasteiger partial charge in [-0.2, -0.15) is 8.78 Å². The highest BCUT2D eigenvalue weighted by Gasteiger charge is 2.10. The van der Waals surface area contributed by atoms with E-state index in [1.807, 2.05) is 6.92 Å². The molecule has 0 aliphatic rings. The summed E-state index contributed by atoms with van der Waals surface area (Å²) >= 11 is 0. The molecule has 0 aliphatic heterocycles. The van der Waals surface area contributed by atoms with Crippen molar-refractivity contribution in [1.29, 1.82) is 0 Å². The van der Waals surface area contributed by atoms with Crippen LogP contribution < -0.4 is 15.4 Å². The number of nitrogens with one attached hydrogen (secondary N) is 2. The lowest BCUT2D eigenvalue weighted by atomic mass is 10.1. The number of benzene rings is 1. The fourth-order valence-electron chi connectivity index (χ4n) is 2.11. The average molecular weight is 500 g/mol. The minimum atomic E-state index is -2.86. The summed E-state index contributed by atoms with van der Waals surface area (Å²) in [5, 5.41) is 16.6. The van der Waals surface area contributed by atoms with Crippen molar-refractivity contribution in [3.8, 4) is 5.75 Å². The third-order valence-electron chi connectivity index (χ3n) is 3.90. The van der Waals surface area contributed by atoms with Gasteiger partial charge in [-0.25, -0.2) is 0 Å². The Bertz CT molecular complexity index is 545. The van der Waals surface area contributed by atoms with Crippen LogP contribution in [0.3, 0.4) is 0 Å². The van der Waals surface area contributed by atoms with Gasteiger partial charge in [0, 0.05) is 25.7 Å². The Labute approximate surface area is 177 Å². The van der Waals surface area contributed by atoms with Gasteiger partial charge in [0.1, 0.15) is 5.75 Å². The van der Waals surface area contributed by atoms with Crippen molar-refractivity contribution in [2.24, 2.45) is 4.99 Å². The van der Waals surface area contributed by atoms with Crippen LogP contribution in [0.5, 0.6) is 5.75 Å². The number of nitrogens with zero attached hydrogens (tertiary/aromatic N) is 2. The number of hydrogen-bond acceptors (Lipinski definition) is 4. The molecule has 1 atom stereocenters. The molecule has 27 heavy (non-hydrogen) atoms. The molecular formula is C18H31F2IN4O2. The molecule has 9 heteroatoms. The van der Waals surface area contributed by atoms with Crippen LogP contribution in [0.15, 0.2) is 29.3 Å². The normalized spacial score (nSPS) is 12.9. The summed E-state index contributed by atoms with van der Waals surface area (Å²) in [6.07, 6.45) is -0.829. The molecule has 0 aliphatic carbocycles. The van der Waals surface area contributed by atoms with Crippen LogP contribution in [0.4, 0.5) is 8.78 Å². The van der Waals surface area contributed by atoms with Crippen LogP contribution in [-0.4, -0.2) is 61.8 Å². The summed E-state index contributed by atoms with van der Waals surface area (Å²) in [5.74, 6) is 0.685. The molecule has 1 aromatic rings. The predicted octanol–water partition coefficient (Wildman–Crippen LogP) is 2.83. The van der Waals surface area contributed by atoms with E-state index in [9.17, 15) is 13.9 Å². The van der Waals surface area contributed by atoms with Gasteiger partial charge in [0.25, 0.3) is 0 Å². The van der Waals surface area contributed by atoms with Gasteiger partial charge < -0.3 is 25.4 Å². The average Bonchev–Trinajstić information content (AvgIpc) is 2.59. The van der Waals surface area contributed by atoms with Crippen LogP contribution in [-0.2, 0) is 0 Å². The number of aliphatic hydroxyl groups is 1. The third-order valence-corrected chi connectivity index (χ3v) is 3.90. The zero-order valence-electron chi connectivity index (χ0n) is 16.3. The van der Waals surface area contributed by atoms with E-state index in [0.717, 1.165) is 13.1 Å². The van der Waals surface area contributed by atoms with Gasteiger partial charge >= 0.3 is 6.61 Å². The molecule has 3 N–H and O–H groups in total. The fraction of sp³-hybridized carbons (Fsp3) is 0.611. The van der Waals surface area contributed by atoms with Gasteiger partial charge in [-0.05, 0) is 45.5 Å². The molecule has 0 fully saturated rings. The van der Waals surface area contributed by atoms with E-state index >= 15 is 0 Å². The van der Waals surface area contributed by atoms with Crippen LogP contribution in [0.25, 0.3) is 0 Å². The second-order valence-electron chi connectivity index (χ2n) is 6.18. The fourth-order valence-corrected chi connectivity index (χ4v) is 2.11. The molecule has 0 bridgehead atoms. The van der Waals surface area contributed by atoms with Gasteiger partial charge in [0.05, 0.1) is 12.6 Å². The standard InChI is InChI=1S/C18H30F2N4O2.HI/c1-5-21-18(22-10-11-24(4)13(2)3)23-12-16(25)14-6-8-15(9-7-14)26-17(19)20;/h6-9,13,16-17,25H,5,10-12H2,1-4H3,(H2,21,22,23);1H. The van der Waals surface area contributed by atoms with Crippen molar-refractivity contribution in [1.82, 2.24) is 15.5 Å². The molecule has 1 aromatic carbocycles. The first-order valence-corrected chi connectivity index (χ1v) is 8.78. The first-order valence-electron chi connectivity index (χ1n) is 8.78. The van der Waals surface area contributed by atoms with E-state index in [1.165, 1.54) is 12.1 Å². The third kappa shape index (κ3) is 10.6. The molecule has 156 valence electrons. The smallest absolute Gasteiger partial charge is 0.387 e. The van der Waals surface area contributed by atoms with Gasteiger partial charge in [0.15, 0.2) is 5.96 Å². The highest BCUT2D eigenvalue weighted by molar-refractivity contribution is 14.0. The quantitative estimate of drug-likeness (QED) is 0.262. The summed E-state index contributed by atoms with van der Waals surface area (Å²) in [7, 11) is 2.06. The van der Waals surface area contributed by atoms with Gasteiger partial charge in [0.2, 0.25) is 0 Å². The van der Waals surface area contributed by atoms with E-state index in [4.69, 9.17) is 0 Å². The number of aliphatic hydroxyl groups excluding tert-OH is 1. The molecule has 0 spiro atoms. The summed E-state index contributed by atoms with van der Waals surface area (Å²) in [5.41, 5.74) is 0.589. The largest absolute Gasteiger partial charge is 0.435 e. The minimum absolute atomic E-state index is 0. The SMILES string of the molecule is CCNC(=NCC(O)c1ccc(OC(F)F)cc1)NCCN(C)C(C)C.I. The predicted molar refractivity (Wildman–Crippen MR) is 115 cm³/mol. The lowest BCUT2D eigenvalue weighted by Gasteiger charge is -2.21. The molecule has 0 amide bonds. The Balaban J connectivity index is 0.00000676. The zero-order chi connectivity index (χ0) is 19.5. The van der Waals surface area contributed by atoms with Crippen LogP contribution in [0.2, 0.25) is 0 Å². The van der Waals surface area contributed by atoms with Gasteiger partial charge in [-0.1, -0.05) is 12.1 Å². The molecule has 0 saturated carbocycles. The number of rotatable bonds is 10. The number of likely N-dealkylation sites (N-methyl/N-ethyl adjacent to an activating group) is 1. The van der Waals surface area contributed by atoms with E-state index in [1.54, 1.807) is 12.1 Å². The monoisotopic (exact) mass is 500 g/mol. The topological polar surface area (TPSA) is 69.1 Å². The van der Waals surface area contributed by atoms with Gasteiger partial charge in [-0.3, -0.25) is 4.99 Å². The second kappa shape index (κ2) is 13.9. The molecule has 0 saturated heterocycles. The number of alkyl halides is 2. The van der Waals surface area contributed by atoms with E-state index in [0.29, 0.717) is 24.1 Å². The van der Waals surface area contributed by atoms with E-state index in [-0.39, 0.29) is 36.3 Å². The maximum atomic E-state index is 12.2. The Hall–Kier alpha value is -1.20. The number of ether oxygens (including phenoxy) is 1. The first kappa shape index (κ1) is 25.8. The van der Waals surface area contributed by atoms with Crippen molar-refractivity contribution in [3.05, 3.63) is 29.8 Å². The number of hydrogen-bond donors (Lipinski definition) is 3. The van der Waals surface area contributed by atoms with Gasteiger partial charge in [-0.15, -0.1) is 24.0 Å². The lowest BCUT2D eigenvalue weighted by molar-refractivity contribution is -0.0498. The molecule has 1 rings (SSSR count). The van der Waals surface area contributed by atoms with Crippen molar-refractivity contribution in [2.45, 2.75) is 39.5 Å². The molecule has 0 radical (unpaired) electrons.